The van der Waals surface area contributed by atoms with E-state index in [0.717, 1.165) is 65.9 Å². The van der Waals surface area contributed by atoms with Gasteiger partial charge in [0.05, 0.1) is 0 Å². The zero-order chi connectivity index (χ0) is 32.3. The first-order chi connectivity index (χ1) is 24.3. The Labute approximate surface area is 282 Å². The van der Waals surface area contributed by atoms with E-state index in [-0.39, 0.29) is 0 Å². The molecule has 0 amide bonds. The molecule has 2 aromatic heterocycles. The molecule has 8 aromatic carbocycles. The molecule has 0 spiro atoms. The van der Waals surface area contributed by atoms with E-state index in [9.17, 15) is 0 Å². The number of furan rings is 1. The van der Waals surface area contributed by atoms with Gasteiger partial charge < -0.3 is 4.42 Å². The molecule has 0 saturated heterocycles. The Hall–Kier alpha value is -6.65. The highest BCUT2D eigenvalue weighted by molar-refractivity contribution is 6.19. The summed E-state index contributed by atoms with van der Waals surface area (Å²) in [5.41, 5.74) is 6.74. The monoisotopic (exact) mass is 625 g/mol. The van der Waals surface area contributed by atoms with Crippen LogP contribution in [-0.2, 0) is 0 Å². The number of benzene rings is 8. The fourth-order valence-corrected chi connectivity index (χ4v) is 7.21. The van der Waals surface area contributed by atoms with Gasteiger partial charge >= 0.3 is 0 Å². The van der Waals surface area contributed by atoms with Crippen molar-refractivity contribution in [2.45, 2.75) is 0 Å². The van der Waals surface area contributed by atoms with E-state index in [1.54, 1.807) is 0 Å². The van der Waals surface area contributed by atoms with Crippen LogP contribution in [0.3, 0.4) is 0 Å². The number of nitrogens with zero attached hydrogens (tertiary/aromatic N) is 3. The minimum absolute atomic E-state index is 0.624. The molecule has 10 rings (SSSR count). The molecular formula is C45H27N3O. The first-order valence-corrected chi connectivity index (χ1v) is 16.4. The Balaban J connectivity index is 1.26. The van der Waals surface area contributed by atoms with E-state index in [4.69, 9.17) is 19.4 Å². The largest absolute Gasteiger partial charge is 0.456 e. The van der Waals surface area contributed by atoms with E-state index in [1.165, 1.54) is 16.2 Å². The molecule has 0 N–H and O–H groups in total. The minimum Gasteiger partial charge on any atom is -0.456 e. The van der Waals surface area contributed by atoms with Crippen molar-refractivity contribution in [2.75, 3.05) is 0 Å². The highest BCUT2D eigenvalue weighted by Crippen LogP contribution is 2.40. The second kappa shape index (κ2) is 11.0. The maximum absolute atomic E-state index is 6.15. The Morgan fingerprint density at radius 1 is 0.327 bits per heavy atom. The average Bonchev–Trinajstić information content (AvgIpc) is 3.55. The summed E-state index contributed by atoms with van der Waals surface area (Å²) in [6, 6.07) is 56.9. The lowest BCUT2D eigenvalue weighted by Crippen LogP contribution is -2.02. The zero-order valence-corrected chi connectivity index (χ0v) is 26.3. The first kappa shape index (κ1) is 27.5. The summed E-state index contributed by atoms with van der Waals surface area (Å²) in [4.78, 5) is 15.7. The third-order valence-corrected chi connectivity index (χ3v) is 9.52. The van der Waals surface area contributed by atoms with Crippen LogP contribution in [0.15, 0.2) is 168 Å². The number of hydrogen-bond acceptors (Lipinski definition) is 4. The van der Waals surface area contributed by atoms with Crippen molar-refractivity contribution in [2.24, 2.45) is 0 Å². The summed E-state index contributed by atoms with van der Waals surface area (Å²) in [7, 11) is 0. The van der Waals surface area contributed by atoms with Gasteiger partial charge in [0.2, 0.25) is 0 Å². The molecule has 0 unspecified atom stereocenters. The molecule has 0 aliphatic rings. The van der Waals surface area contributed by atoms with Gasteiger partial charge in [0.15, 0.2) is 17.5 Å². The quantitative estimate of drug-likeness (QED) is 0.144. The van der Waals surface area contributed by atoms with Crippen molar-refractivity contribution in [3.8, 4) is 45.3 Å². The van der Waals surface area contributed by atoms with Gasteiger partial charge in [0.25, 0.3) is 0 Å². The molecule has 10 aromatic rings. The number of rotatable bonds is 4. The van der Waals surface area contributed by atoms with Gasteiger partial charge in [-0.05, 0) is 67.7 Å². The predicted octanol–water partition coefficient (Wildman–Crippen LogP) is 11.9. The standard InChI is InChI=1S/C45H27N3O/c1-2-13-29(14-3-1)43-46-44(37-20-9-8-17-33(37)31-23-25-41-39(27-31)35-19-10-11-21-40(35)49-41)48-45(47-43)42-34-18-7-5-15-30(34)26-38-32-16-6-4-12-28(32)22-24-36(38)42/h1-27H. The summed E-state index contributed by atoms with van der Waals surface area (Å²) in [5, 5.41) is 9.12. The average molecular weight is 626 g/mol. The van der Waals surface area contributed by atoms with Crippen LogP contribution in [0.5, 0.6) is 0 Å². The van der Waals surface area contributed by atoms with E-state index >= 15 is 0 Å². The Bertz CT molecular complexity index is 2890. The molecule has 0 bridgehead atoms. The number of para-hydroxylation sites is 1. The number of aromatic nitrogens is 3. The summed E-state index contributed by atoms with van der Waals surface area (Å²) in [5.74, 6) is 1.90. The minimum atomic E-state index is 0.624. The third-order valence-electron chi connectivity index (χ3n) is 9.52. The second-order valence-electron chi connectivity index (χ2n) is 12.4. The van der Waals surface area contributed by atoms with Crippen molar-refractivity contribution < 1.29 is 4.42 Å². The summed E-state index contributed by atoms with van der Waals surface area (Å²) in [6.45, 7) is 0. The fourth-order valence-electron chi connectivity index (χ4n) is 7.21. The molecule has 0 atom stereocenters. The second-order valence-corrected chi connectivity index (χ2v) is 12.4. The fraction of sp³-hybridized carbons (Fsp3) is 0. The molecule has 2 heterocycles. The first-order valence-electron chi connectivity index (χ1n) is 16.4. The topological polar surface area (TPSA) is 51.8 Å². The highest BCUT2D eigenvalue weighted by Gasteiger charge is 2.20. The zero-order valence-electron chi connectivity index (χ0n) is 26.3. The molecule has 0 aliphatic carbocycles. The maximum Gasteiger partial charge on any atom is 0.165 e. The lowest BCUT2D eigenvalue weighted by molar-refractivity contribution is 0.669. The van der Waals surface area contributed by atoms with E-state index in [1.807, 2.05) is 30.3 Å². The molecular weight excluding hydrogens is 599 g/mol. The molecule has 228 valence electrons. The van der Waals surface area contributed by atoms with E-state index in [0.29, 0.717) is 17.5 Å². The van der Waals surface area contributed by atoms with Crippen molar-refractivity contribution in [3.63, 3.8) is 0 Å². The lowest BCUT2D eigenvalue weighted by Gasteiger charge is -2.15. The molecule has 0 saturated carbocycles. The summed E-state index contributed by atoms with van der Waals surface area (Å²) >= 11 is 0. The van der Waals surface area contributed by atoms with Crippen LogP contribution in [0.25, 0.3) is 99.5 Å². The van der Waals surface area contributed by atoms with Crippen LogP contribution in [-0.4, -0.2) is 15.0 Å². The van der Waals surface area contributed by atoms with Crippen molar-refractivity contribution in [3.05, 3.63) is 164 Å². The Kier molecular flexibility index (Phi) is 6.15. The van der Waals surface area contributed by atoms with Gasteiger partial charge in [0, 0.05) is 27.5 Å². The summed E-state index contributed by atoms with van der Waals surface area (Å²) < 4.78 is 6.15. The van der Waals surface area contributed by atoms with Crippen LogP contribution in [0.2, 0.25) is 0 Å². The van der Waals surface area contributed by atoms with Crippen LogP contribution in [0.4, 0.5) is 0 Å². The van der Waals surface area contributed by atoms with E-state index < -0.39 is 0 Å². The van der Waals surface area contributed by atoms with Crippen LogP contribution in [0, 0.1) is 0 Å². The molecule has 0 radical (unpaired) electrons. The van der Waals surface area contributed by atoms with Crippen LogP contribution in [0.1, 0.15) is 0 Å². The smallest absolute Gasteiger partial charge is 0.165 e. The number of fused-ring (bicyclic) bond motifs is 7. The summed E-state index contributed by atoms with van der Waals surface area (Å²) in [6.07, 6.45) is 0. The van der Waals surface area contributed by atoms with Gasteiger partial charge in [-0.25, -0.2) is 15.0 Å². The van der Waals surface area contributed by atoms with Crippen molar-refractivity contribution >= 4 is 54.3 Å². The van der Waals surface area contributed by atoms with E-state index in [2.05, 4.69) is 133 Å². The van der Waals surface area contributed by atoms with Crippen LogP contribution < -0.4 is 0 Å². The Morgan fingerprint density at radius 3 is 1.86 bits per heavy atom. The van der Waals surface area contributed by atoms with Crippen molar-refractivity contribution in [1.82, 2.24) is 15.0 Å². The normalized spacial score (nSPS) is 11.7. The van der Waals surface area contributed by atoms with Gasteiger partial charge in [0.1, 0.15) is 11.2 Å². The highest BCUT2D eigenvalue weighted by atomic mass is 16.3. The van der Waals surface area contributed by atoms with Crippen molar-refractivity contribution in [1.29, 1.82) is 0 Å². The maximum atomic E-state index is 6.15. The van der Waals surface area contributed by atoms with Gasteiger partial charge in [-0.2, -0.15) is 0 Å². The van der Waals surface area contributed by atoms with Crippen LogP contribution >= 0.6 is 0 Å². The molecule has 4 heteroatoms. The van der Waals surface area contributed by atoms with Gasteiger partial charge in [-0.15, -0.1) is 0 Å². The third kappa shape index (κ3) is 4.49. The molecule has 49 heavy (non-hydrogen) atoms. The molecule has 4 nitrogen and oxygen atoms in total. The SMILES string of the molecule is c1ccc(-c2nc(-c3ccccc3-c3ccc4oc5ccccc5c4c3)nc(-c3c4ccccc4cc4c3ccc3ccccc34)n2)cc1. The van der Waals surface area contributed by atoms with Gasteiger partial charge in [-0.1, -0.05) is 140 Å². The molecule has 0 aliphatic heterocycles. The lowest BCUT2D eigenvalue weighted by atomic mass is 9.93. The predicted molar refractivity (Wildman–Crippen MR) is 201 cm³/mol. The molecule has 0 fully saturated rings. The Morgan fingerprint density at radius 2 is 0.980 bits per heavy atom. The van der Waals surface area contributed by atoms with Gasteiger partial charge in [-0.3, -0.25) is 0 Å². The number of hydrogen-bond donors (Lipinski definition) is 0.